The lowest BCUT2D eigenvalue weighted by molar-refractivity contribution is 0.00784. The number of piperidine rings is 1. The molecule has 1 heterocycles. The number of nitrogens with zero attached hydrogens (tertiary/aromatic N) is 1. The monoisotopic (exact) mass is 341 g/mol. The number of rotatable bonds is 2. The van der Waals surface area contributed by atoms with Crippen molar-refractivity contribution in [2.45, 2.75) is 45.3 Å². The van der Waals surface area contributed by atoms with Gasteiger partial charge in [-0.1, -0.05) is 42.5 Å². The zero-order valence-electron chi connectivity index (χ0n) is 15.2. The molecule has 134 valence electrons. The van der Waals surface area contributed by atoms with Crippen molar-refractivity contribution in [1.82, 2.24) is 4.90 Å². The molecule has 1 N–H and O–H groups in total. The van der Waals surface area contributed by atoms with Gasteiger partial charge in [0, 0.05) is 13.1 Å². The zero-order valence-corrected chi connectivity index (χ0v) is 15.2. The Bertz CT molecular complexity index is 737. The molecule has 0 unspecified atom stereocenters. The van der Waals surface area contributed by atoms with E-state index in [0.29, 0.717) is 13.1 Å². The van der Waals surface area contributed by atoms with Crippen molar-refractivity contribution in [1.29, 1.82) is 0 Å². The van der Waals surface area contributed by atoms with Gasteiger partial charge in [0.15, 0.2) is 0 Å². The number of fused-ring (bicyclic) bond motifs is 1. The fraction of sp³-hybridized carbons (Fsp3) is 0.476. The molecule has 0 spiro atoms. The van der Waals surface area contributed by atoms with Gasteiger partial charge in [0.25, 0.3) is 0 Å². The molecule has 0 aromatic heterocycles. The van der Waals surface area contributed by atoms with Gasteiger partial charge in [-0.15, -0.1) is 0 Å². The van der Waals surface area contributed by atoms with Crippen LogP contribution in [-0.2, 0) is 4.74 Å². The Morgan fingerprint density at radius 1 is 1.12 bits per heavy atom. The Morgan fingerprint density at radius 3 is 2.44 bits per heavy atom. The van der Waals surface area contributed by atoms with Gasteiger partial charge >= 0.3 is 6.09 Å². The van der Waals surface area contributed by atoms with E-state index in [9.17, 15) is 9.90 Å². The molecule has 0 bridgehead atoms. The molecule has 4 nitrogen and oxygen atoms in total. The van der Waals surface area contributed by atoms with Gasteiger partial charge in [0.2, 0.25) is 0 Å². The molecule has 25 heavy (non-hydrogen) atoms. The van der Waals surface area contributed by atoms with Gasteiger partial charge in [-0.25, -0.2) is 4.79 Å². The summed E-state index contributed by atoms with van der Waals surface area (Å²) in [5.41, 5.74) is 0.505. The van der Waals surface area contributed by atoms with Crippen molar-refractivity contribution >= 4 is 16.9 Å². The molecule has 0 aliphatic carbocycles. The number of amides is 1. The number of aliphatic hydroxyl groups excluding tert-OH is 1. The molecule has 2 aromatic rings. The number of hydrogen-bond acceptors (Lipinski definition) is 3. The van der Waals surface area contributed by atoms with Crippen LogP contribution in [0.2, 0.25) is 0 Å². The summed E-state index contributed by atoms with van der Waals surface area (Å²) in [5.74, 6) is 0.157. The second-order valence-corrected chi connectivity index (χ2v) is 7.82. The largest absolute Gasteiger partial charge is 0.444 e. The molecule has 3 rings (SSSR count). The summed E-state index contributed by atoms with van der Waals surface area (Å²) in [5, 5.41) is 13.2. The summed E-state index contributed by atoms with van der Waals surface area (Å²) >= 11 is 0. The van der Waals surface area contributed by atoms with Crippen LogP contribution in [0, 0.1) is 5.92 Å². The van der Waals surface area contributed by atoms with E-state index in [1.165, 1.54) is 0 Å². The van der Waals surface area contributed by atoms with Crippen LogP contribution in [0.5, 0.6) is 0 Å². The first-order chi connectivity index (χ1) is 11.8. The van der Waals surface area contributed by atoms with E-state index in [0.717, 1.165) is 29.2 Å². The number of likely N-dealkylation sites (tertiary alicyclic amines) is 1. The number of aliphatic hydroxyl groups is 1. The van der Waals surface area contributed by atoms with E-state index in [-0.39, 0.29) is 12.0 Å². The third-order valence-electron chi connectivity index (χ3n) is 4.78. The maximum Gasteiger partial charge on any atom is 0.410 e. The fourth-order valence-electron chi connectivity index (χ4n) is 3.49. The first kappa shape index (κ1) is 17.7. The highest BCUT2D eigenvalue weighted by Gasteiger charge is 2.31. The lowest BCUT2D eigenvalue weighted by Crippen LogP contribution is -2.42. The Labute approximate surface area is 149 Å². The van der Waals surface area contributed by atoms with Crippen molar-refractivity contribution in [2.75, 3.05) is 13.1 Å². The summed E-state index contributed by atoms with van der Waals surface area (Å²) in [7, 11) is 0. The Kier molecular flexibility index (Phi) is 5.00. The van der Waals surface area contributed by atoms with Crippen LogP contribution in [0.15, 0.2) is 42.5 Å². The second kappa shape index (κ2) is 7.04. The van der Waals surface area contributed by atoms with E-state index in [2.05, 4.69) is 18.2 Å². The molecule has 1 aliphatic heterocycles. The standard InChI is InChI=1S/C21H27NO3/c1-21(2,3)25-20(24)22-13-11-16(12-14-22)19(23)18-10-6-8-15-7-4-5-9-17(15)18/h4-10,16,19,23H,11-14H2,1-3H3/t19-/m1/s1. The quantitative estimate of drug-likeness (QED) is 0.874. The number of carbonyl (C=O) groups excluding carboxylic acids is 1. The molecule has 1 amide bonds. The van der Waals surface area contributed by atoms with Gasteiger partial charge in [0.1, 0.15) is 5.60 Å². The van der Waals surface area contributed by atoms with Gasteiger partial charge in [-0.2, -0.15) is 0 Å². The molecular weight excluding hydrogens is 314 g/mol. The third-order valence-corrected chi connectivity index (χ3v) is 4.78. The highest BCUT2D eigenvalue weighted by Crippen LogP contribution is 2.34. The highest BCUT2D eigenvalue weighted by molar-refractivity contribution is 5.86. The van der Waals surface area contributed by atoms with Gasteiger partial charge in [0.05, 0.1) is 6.10 Å². The van der Waals surface area contributed by atoms with Crippen LogP contribution in [-0.4, -0.2) is 34.8 Å². The predicted octanol–water partition coefficient (Wildman–Crippen LogP) is 4.52. The summed E-state index contributed by atoms with van der Waals surface area (Å²) in [6.07, 6.45) is 0.797. The Morgan fingerprint density at radius 2 is 1.76 bits per heavy atom. The molecule has 0 radical (unpaired) electrons. The summed E-state index contributed by atoms with van der Waals surface area (Å²) < 4.78 is 5.44. The minimum Gasteiger partial charge on any atom is -0.444 e. The summed E-state index contributed by atoms with van der Waals surface area (Å²) in [6, 6.07) is 14.2. The van der Waals surface area contributed by atoms with Gasteiger partial charge in [-0.05, 0) is 55.9 Å². The van der Waals surface area contributed by atoms with Crippen molar-refractivity contribution in [3.8, 4) is 0 Å². The van der Waals surface area contributed by atoms with Crippen LogP contribution in [0.25, 0.3) is 10.8 Å². The summed E-state index contributed by atoms with van der Waals surface area (Å²) in [6.45, 7) is 6.88. The van der Waals surface area contributed by atoms with Crippen LogP contribution in [0.4, 0.5) is 4.79 Å². The summed E-state index contributed by atoms with van der Waals surface area (Å²) in [4.78, 5) is 13.9. The average molecular weight is 341 g/mol. The lowest BCUT2D eigenvalue weighted by Gasteiger charge is -2.35. The maximum atomic E-state index is 12.2. The van der Waals surface area contributed by atoms with Crippen molar-refractivity contribution in [3.63, 3.8) is 0 Å². The first-order valence-electron chi connectivity index (χ1n) is 8.99. The number of hydrogen-bond donors (Lipinski definition) is 1. The van der Waals surface area contributed by atoms with E-state index >= 15 is 0 Å². The smallest absolute Gasteiger partial charge is 0.410 e. The van der Waals surface area contributed by atoms with Crippen molar-refractivity contribution in [2.24, 2.45) is 5.92 Å². The van der Waals surface area contributed by atoms with Crippen molar-refractivity contribution in [3.05, 3.63) is 48.0 Å². The molecule has 1 aliphatic rings. The highest BCUT2D eigenvalue weighted by atomic mass is 16.6. The van der Waals surface area contributed by atoms with E-state index in [1.54, 1.807) is 4.90 Å². The predicted molar refractivity (Wildman–Crippen MR) is 99.4 cm³/mol. The molecule has 1 saturated heterocycles. The first-order valence-corrected chi connectivity index (χ1v) is 8.99. The fourth-order valence-corrected chi connectivity index (χ4v) is 3.49. The van der Waals surface area contributed by atoms with E-state index in [4.69, 9.17) is 4.74 Å². The average Bonchev–Trinajstić information content (AvgIpc) is 2.59. The minimum atomic E-state index is -0.508. The molecule has 2 aromatic carbocycles. The van der Waals surface area contributed by atoms with Crippen LogP contribution < -0.4 is 0 Å². The zero-order chi connectivity index (χ0) is 18.0. The third kappa shape index (κ3) is 4.13. The van der Waals surface area contributed by atoms with Crippen molar-refractivity contribution < 1.29 is 14.6 Å². The minimum absolute atomic E-state index is 0.157. The van der Waals surface area contributed by atoms with Gasteiger partial charge < -0.3 is 14.7 Å². The normalized spacial score (nSPS) is 17.5. The molecule has 1 fully saturated rings. The second-order valence-electron chi connectivity index (χ2n) is 7.82. The molecule has 4 heteroatoms. The van der Waals surface area contributed by atoms with E-state index < -0.39 is 11.7 Å². The Hall–Kier alpha value is -2.07. The number of ether oxygens (including phenoxy) is 1. The van der Waals surface area contributed by atoms with Crippen LogP contribution in [0.3, 0.4) is 0 Å². The van der Waals surface area contributed by atoms with Crippen LogP contribution >= 0.6 is 0 Å². The molecule has 1 atom stereocenters. The molecular formula is C21H27NO3. The van der Waals surface area contributed by atoms with E-state index in [1.807, 2.05) is 45.0 Å². The Balaban J connectivity index is 1.67. The maximum absolute atomic E-state index is 12.2. The molecule has 0 saturated carbocycles. The van der Waals surface area contributed by atoms with Gasteiger partial charge in [-0.3, -0.25) is 0 Å². The SMILES string of the molecule is CC(C)(C)OC(=O)N1CCC([C@@H](O)c2cccc3ccccc23)CC1. The number of benzene rings is 2. The number of carbonyl (C=O) groups is 1. The van der Waals surface area contributed by atoms with Crippen LogP contribution in [0.1, 0.15) is 45.3 Å². The lowest BCUT2D eigenvalue weighted by atomic mass is 9.85. The topological polar surface area (TPSA) is 49.8 Å².